The molecule has 1 saturated heterocycles. The summed E-state index contributed by atoms with van der Waals surface area (Å²) in [7, 11) is 0. The number of benzene rings is 1. The van der Waals surface area contributed by atoms with Crippen molar-refractivity contribution in [3.05, 3.63) is 24.3 Å². The second kappa shape index (κ2) is 7.39. The summed E-state index contributed by atoms with van der Waals surface area (Å²) in [6, 6.07) is 5.52. The largest absolute Gasteiger partial charge is 0.433 e. The van der Waals surface area contributed by atoms with Crippen LogP contribution in [0.25, 0.3) is 0 Å². The Bertz CT molecular complexity index is 578. The zero-order valence-corrected chi connectivity index (χ0v) is 13.1. The smallest absolute Gasteiger partial charge is 0.387 e. The van der Waals surface area contributed by atoms with Gasteiger partial charge < -0.3 is 15.0 Å². The highest BCUT2D eigenvalue weighted by Gasteiger charge is 2.35. The number of hydrogen-bond acceptors (Lipinski definition) is 3. The van der Waals surface area contributed by atoms with Crippen LogP contribution in [0.15, 0.2) is 24.3 Å². The number of anilines is 1. The number of carbonyl (C=O) groups excluding carboxylic acids is 2. The van der Waals surface area contributed by atoms with E-state index in [1.165, 1.54) is 11.0 Å². The van der Waals surface area contributed by atoms with Crippen molar-refractivity contribution in [3.63, 3.8) is 0 Å². The molecule has 1 N–H and O–H groups in total. The van der Waals surface area contributed by atoms with Gasteiger partial charge >= 0.3 is 6.61 Å². The summed E-state index contributed by atoms with van der Waals surface area (Å²) in [5.74, 6) is -0.350. The minimum atomic E-state index is -2.96. The van der Waals surface area contributed by atoms with Crippen LogP contribution in [0.5, 0.6) is 5.75 Å². The molecule has 0 saturated carbocycles. The molecule has 0 bridgehead atoms. The number of nitrogens with one attached hydrogen (secondary N) is 1. The van der Waals surface area contributed by atoms with Crippen LogP contribution in [0.4, 0.5) is 14.5 Å². The lowest BCUT2D eigenvalue weighted by molar-refractivity contribution is -0.126. The van der Waals surface area contributed by atoms with E-state index >= 15 is 0 Å². The fourth-order valence-corrected chi connectivity index (χ4v) is 2.55. The van der Waals surface area contributed by atoms with Crippen molar-refractivity contribution in [1.82, 2.24) is 5.32 Å². The summed E-state index contributed by atoms with van der Waals surface area (Å²) in [6.07, 6.45) is 0.778. The maximum absolute atomic E-state index is 12.5. The number of para-hydroxylation sites is 2. The second-order valence-electron chi connectivity index (χ2n) is 5.84. The first kappa shape index (κ1) is 17.2. The summed E-state index contributed by atoms with van der Waals surface area (Å²) in [5, 5.41) is 2.70. The van der Waals surface area contributed by atoms with Gasteiger partial charge in [0.05, 0.1) is 5.69 Å². The number of halogens is 2. The predicted molar refractivity (Wildman–Crippen MR) is 81.4 cm³/mol. The van der Waals surface area contributed by atoms with Crippen molar-refractivity contribution >= 4 is 17.5 Å². The highest BCUT2D eigenvalue weighted by molar-refractivity contribution is 6.02. The van der Waals surface area contributed by atoms with E-state index in [0.717, 1.165) is 0 Å². The summed E-state index contributed by atoms with van der Waals surface area (Å²) in [5.41, 5.74) is 0.290. The SMILES string of the molecule is CC(C)CC(=O)N[C@H]1CCN(c2ccccc2OC(F)F)C1=O. The Balaban J connectivity index is 2.09. The minimum Gasteiger partial charge on any atom is -0.433 e. The quantitative estimate of drug-likeness (QED) is 0.874. The second-order valence-corrected chi connectivity index (χ2v) is 5.84. The molecule has 1 heterocycles. The molecule has 126 valence electrons. The highest BCUT2D eigenvalue weighted by atomic mass is 19.3. The third-order valence-corrected chi connectivity index (χ3v) is 3.51. The van der Waals surface area contributed by atoms with E-state index in [2.05, 4.69) is 10.1 Å². The maximum atomic E-state index is 12.5. The lowest BCUT2D eigenvalue weighted by atomic mass is 10.1. The summed E-state index contributed by atoms with van der Waals surface area (Å²) >= 11 is 0. The van der Waals surface area contributed by atoms with Gasteiger partial charge in [0.15, 0.2) is 0 Å². The molecule has 23 heavy (non-hydrogen) atoms. The number of amides is 2. The minimum absolute atomic E-state index is 0.0509. The molecule has 1 aromatic rings. The van der Waals surface area contributed by atoms with Gasteiger partial charge in [0.25, 0.3) is 0 Å². The normalized spacial score (nSPS) is 17.9. The number of ether oxygens (including phenoxy) is 1. The molecule has 7 heteroatoms. The van der Waals surface area contributed by atoms with Crippen molar-refractivity contribution in [2.45, 2.75) is 39.3 Å². The average molecular weight is 326 g/mol. The maximum Gasteiger partial charge on any atom is 0.387 e. The fraction of sp³-hybridized carbons (Fsp3) is 0.500. The number of rotatable bonds is 6. The van der Waals surface area contributed by atoms with Gasteiger partial charge in [-0.15, -0.1) is 0 Å². The molecule has 5 nitrogen and oxygen atoms in total. The zero-order chi connectivity index (χ0) is 17.0. The van der Waals surface area contributed by atoms with Crippen molar-refractivity contribution in [1.29, 1.82) is 0 Å². The van der Waals surface area contributed by atoms with Gasteiger partial charge in [-0.05, 0) is 24.5 Å². The van der Waals surface area contributed by atoms with Gasteiger partial charge in [-0.25, -0.2) is 0 Å². The predicted octanol–water partition coefficient (Wildman–Crippen LogP) is 2.56. The van der Waals surface area contributed by atoms with E-state index in [0.29, 0.717) is 25.1 Å². The van der Waals surface area contributed by atoms with Crippen LogP contribution >= 0.6 is 0 Å². The Morgan fingerprint density at radius 3 is 2.74 bits per heavy atom. The summed E-state index contributed by atoms with van der Waals surface area (Å²) in [4.78, 5) is 25.6. The van der Waals surface area contributed by atoms with Crippen molar-refractivity contribution in [2.75, 3.05) is 11.4 Å². The lowest BCUT2D eigenvalue weighted by Gasteiger charge is -2.20. The van der Waals surface area contributed by atoms with Gasteiger partial charge in [-0.3, -0.25) is 9.59 Å². The molecule has 1 aromatic carbocycles. The van der Waals surface area contributed by atoms with Gasteiger partial charge in [0.2, 0.25) is 11.8 Å². The third kappa shape index (κ3) is 4.40. The van der Waals surface area contributed by atoms with Crippen molar-refractivity contribution in [2.24, 2.45) is 5.92 Å². The molecular formula is C16H20F2N2O3. The van der Waals surface area contributed by atoms with Crippen LogP contribution in [0.2, 0.25) is 0 Å². The number of nitrogens with zero attached hydrogens (tertiary/aromatic N) is 1. The van der Waals surface area contributed by atoms with Crippen LogP contribution < -0.4 is 15.0 Å². The monoisotopic (exact) mass is 326 g/mol. The highest BCUT2D eigenvalue weighted by Crippen LogP contribution is 2.32. The number of alkyl halides is 2. The molecule has 1 aliphatic rings. The first-order chi connectivity index (χ1) is 10.9. The molecule has 2 amide bonds. The van der Waals surface area contributed by atoms with Gasteiger partial charge in [-0.2, -0.15) is 8.78 Å². The van der Waals surface area contributed by atoms with Gasteiger partial charge in [-0.1, -0.05) is 26.0 Å². The van der Waals surface area contributed by atoms with Crippen LogP contribution in [0, 0.1) is 5.92 Å². The Kier molecular flexibility index (Phi) is 5.52. The van der Waals surface area contributed by atoms with Crippen LogP contribution in [-0.4, -0.2) is 31.0 Å². The average Bonchev–Trinajstić information content (AvgIpc) is 2.79. The van der Waals surface area contributed by atoms with E-state index < -0.39 is 12.7 Å². The first-order valence-corrected chi connectivity index (χ1v) is 7.53. The molecule has 0 unspecified atom stereocenters. The van der Waals surface area contributed by atoms with E-state index in [-0.39, 0.29) is 23.5 Å². The molecule has 0 spiro atoms. The summed E-state index contributed by atoms with van der Waals surface area (Å²) < 4.78 is 29.4. The van der Waals surface area contributed by atoms with E-state index in [1.54, 1.807) is 18.2 Å². The molecule has 0 aromatic heterocycles. The number of carbonyl (C=O) groups is 2. The fourth-order valence-electron chi connectivity index (χ4n) is 2.55. The Hall–Kier alpha value is -2.18. The molecule has 2 rings (SSSR count). The van der Waals surface area contributed by atoms with Crippen molar-refractivity contribution in [3.8, 4) is 5.75 Å². The van der Waals surface area contributed by atoms with E-state index in [4.69, 9.17) is 0 Å². The van der Waals surface area contributed by atoms with Gasteiger partial charge in [0.1, 0.15) is 11.8 Å². The molecule has 1 fully saturated rings. The molecule has 1 aliphatic heterocycles. The Labute approximate surface area is 133 Å². The molecule has 0 radical (unpaired) electrons. The third-order valence-electron chi connectivity index (χ3n) is 3.51. The van der Waals surface area contributed by atoms with Crippen LogP contribution in [0.3, 0.4) is 0 Å². The number of hydrogen-bond donors (Lipinski definition) is 1. The van der Waals surface area contributed by atoms with E-state index in [9.17, 15) is 18.4 Å². The van der Waals surface area contributed by atoms with E-state index in [1.807, 2.05) is 13.8 Å². The Morgan fingerprint density at radius 2 is 2.09 bits per heavy atom. The lowest BCUT2D eigenvalue weighted by Crippen LogP contribution is -2.41. The van der Waals surface area contributed by atoms with Crippen LogP contribution in [0.1, 0.15) is 26.7 Å². The van der Waals surface area contributed by atoms with Crippen LogP contribution in [-0.2, 0) is 9.59 Å². The molecule has 0 aliphatic carbocycles. The standard InChI is InChI=1S/C16H20F2N2O3/c1-10(2)9-14(21)19-11-7-8-20(15(11)22)12-5-3-4-6-13(12)23-16(17)18/h3-6,10-11,16H,7-9H2,1-2H3,(H,19,21)/t11-/m0/s1. The van der Waals surface area contributed by atoms with Gasteiger partial charge in [0, 0.05) is 13.0 Å². The van der Waals surface area contributed by atoms with Crippen molar-refractivity contribution < 1.29 is 23.1 Å². The molecular weight excluding hydrogens is 306 g/mol. The first-order valence-electron chi connectivity index (χ1n) is 7.53. The molecule has 1 atom stereocenters. The zero-order valence-electron chi connectivity index (χ0n) is 13.1. The Morgan fingerprint density at radius 1 is 1.39 bits per heavy atom. The topological polar surface area (TPSA) is 58.6 Å². The summed E-state index contributed by atoms with van der Waals surface area (Å²) in [6.45, 7) is 1.21.